The summed E-state index contributed by atoms with van der Waals surface area (Å²) < 4.78 is 6.11. The molecule has 2 heterocycles. The van der Waals surface area contributed by atoms with Crippen molar-refractivity contribution in [2.75, 3.05) is 13.2 Å². The predicted octanol–water partition coefficient (Wildman–Crippen LogP) is 4.06. The van der Waals surface area contributed by atoms with Crippen LogP contribution in [0, 0.1) is 11.8 Å². The lowest BCUT2D eigenvalue weighted by Crippen LogP contribution is -2.31. The first kappa shape index (κ1) is 26.1. The van der Waals surface area contributed by atoms with E-state index in [2.05, 4.69) is 22.1 Å². The van der Waals surface area contributed by atoms with E-state index < -0.39 is 5.91 Å². The summed E-state index contributed by atoms with van der Waals surface area (Å²) in [5.74, 6) is 5.52. The van der Waals surface area contributed by atoms with Crippen LogP contribution in [0.2, 0.25) is 0 Å². The molecule has 198 valence electrons. The highest BCUT2D eigenvalue weighted by Crippen LogP contribution is 2.36. The fourth-order valence-corrected chi connectivity index (χ4v) is 5.05. The lowest BCUT2D eigenvalue weighted by molar-refractivity contribution is 0.0944. The molecule has 1 aliphatic rings. The standard InChI is InChI=1S/C32H31N3O4/c1-19(2)39-30-26(24(18-36)16-23-17-35-29-6-4-3-5-25(23)29)14-21(15-28(30)31(33)37)8-7-20-9-10-22-11-12-34-32(38)27(22)13-20/h3-6,9-10,13-15,17,19,24,35-36H,11-12,16,18H2,1-2H3,(H2,33,37)(H,34,38)/t24-/m0/s1. The molecule has 1 aliphatic heterocycles. The van der Waals surface area contributed by atoms with Gasteiger partial charge in [0.25, 0.3) is 11.8 Å². The van der Waals surface area contributed by atoms with Gasteiger partial charge in [0.2, 0.25) is 0 Å². The number of rotatable bonds is 7. The number of H-pyrrole nitrogens is 1. The van der Waals surface area contributed by atoms with E-state index >= 15 is 0 Å². The largest absolute Gasteiger partial charge is 0.490 e. The first-order chi connectivity index (χ1) is 18.8. The fraction of sp³-hybridized carbons (Fsp3) is 0.250. The molecule has 2 amide bonds. The Bertz CT molecular complexity index is 1620. The third-order valence-corrected chi connectivity index (χ3v) is 6.92. The zero-order valence-electron chi connectivity index (χ0n) is 22.0. The van der Waals surface area contributed by atoms with Crippen molar-refractivity contribution < 1.29 is 19.4 Å². The summed E-state index contributed by atoms with van der Waals surface area (Å²) in [5, 5.41) is 14.5. The van der Waals surface area contributed by atoms with Crippen LogP contribution in [0.25, 0.3) is 10.9 Å². The van der Waals surface area contributed by atoms with Crippen LogP contribution in [0.1, 0.15) is 68.3 Å². The van der Waals surface area contributed by atoms with Gasteiger partial charge in [0.05, 0.1) is 18.3 Å². The number of ether oxygens (including phenoxy) is 1. The molecular formula is C32H31N3O4. The number of hydrogen-bond acceptors (Lipinski definition) is 4. The number of carbonyl (C=O) groups is 2. The Labute approximate surface area is 227 Å². The van der Waals surface area contributed by atoms with Crippen LogP contribution < -0.4 is 15.8 Å². The van der Waals surface area contributed by atoms with Crippen LogP contribution in [0.5, 0.6) is 5.75 Å². The molecule has 7 heteroatoms. The van der Waals surface area contributed by atoms with Crippen molar-refractivity contribution in [1.82, 2.24) is 10.3 Å². The number of nitrogens with two attached hydrogens (primary N) is 1. The summed E-state index contributed by atoms with van der Waals surface area (Å²) in [6, 6.07) is 17.1. The van der Waals surface area contributed by atoms with Gasteiger partial charge in [-0.1, -0.05) is 36.1 Å². The normalized spacial score (nSPS) is 13.4. The van der Waals surface area contributed by atoms with Gasteiger partial charge in [0.1, 0.15) is 5.75 Å². The second kappa shape index (κ2) is 11.1. The topological polar surface area (TPSA) is 117 Å². The Hall–Kier alpha value is -4.54. The number of hydrogen-bond donors (Lipinski definition) is 4. The maximum Gasteiger partial charge on any atom is 0.252 e. The summed E-state index contributed by atoms with van der Waals surface area (Å²) >= 11 is 0. The number of aliphatic hydroxyl groups is 1. The zero-order valence-corrected chi connectivity index (χ0v) is 22.0. The van der Waals surface area contributed by atoms with Crippen molar-refractivity contribution in [3.05, 3.63) is 99.7 Å². The number of aromatic amines is 1. The molecule has 0 saturated carbocycles. The third kappa shape index (κ3) is 5.52. The summed E-state index contributed by atoms with van der Waals surface area (Å²) in [4.78, 5) is 28.1. The molecule has 4 aromatic rings. The number of primary amides is 1. The molecule has 0 bridgehead atoms. The summed E-state index contributed by atoms with van der Waals surface area (Å²) in [6.45, 7) is 4.22. The van der Waals surface area contributed by atoms with E-state index in [9.17, 15) is 14.7 Å². The fourth-order valence-electron chi connectivity index (χ4n) is 5.05. The molecule has 1 atom stereocenters. The third-order valence-electron chi connectivity index (χ3n) is 6.92. The van der Waals surface area contributed by atoms with Gasteiger partial charge in [-0.3, -0.25) is 9.59 Å². The quantitative estimate of drug-likeness (QED) is 0.274. The van der Waals surface area contributed by atoms with Crippen molar-refractivity contribution in [2.45, 2.75) is 38.7 Å². The van der Waals surface area contributed by atoms with Crippen LogP contribution in [-0.4, -0.2) is 41.2 Å². The van der Waals surface area contributed by atoms with Crippen LogP contribution in [-0.2, 0) is 12.8 Å². The number of aliphatic hydroxyl groups excluding tert-OH is 1. The molecule has 0 saturated heterocycles. The van der Waals surface area contributed by atoms with E-state index in [1.165, 1.54) is 0 Å². The molecule has 5 N–H and O–H groups in total. The molecule has 39 heavy (non-hydrogen) atoms. The lowest BCUT2D eigenvalue weighted by Gasteiger charge is -2.23. The highest BCUT2D eigenvalue weighted by atomic mass is 16.5. The van der Waals surface area contributed by atoms with Crippen LogP contribution >= 0.6 is 0 Å². The SMILES string of the molecule is CC(C)Oc1c(C(N)=O)cc(C#Cc2ccc3c(c2)C(=O)NCC3)cc1[C@H](CO)Cc1c[nH]c2ccccc12. The average Bonchev–Trinajstić information content (AvgIpc) is 3.33. The highest BCUT2D eigenvalue weighted by Gasteiger charge is 2.24. The van der Waals surface area contributed by atoms with E-state index in [1.54, 1.807) is 12.1 Å². The monoisotopic (exact) mass is 521 g/mol. The highest BCUT2D eigenvalue weighted by molar-refractivity contribution is 5.97. The number of amides is 2. The second-order valence-electron chi connectivity index (χ2n) is 10.0. The molecule has 0 fully saturated rings. The van der Waals surface area contributed by atoms with Crippen molar-refractivity contribution in [3.63, 3.8) is 0 Å². The minimum absolute atomic E-state index is 0.101. The Morgan fingerprint density at radius 3 is 2.67 bits per heavy atom. The average molecular weight is 522 g/mol. The maximum absolute atomic E-state index is 12.6. The summed E-state index contributed by atoms with van der Waals surface area (Å²) in [5.41, 5.74) is 11.6. The van der Waals surface area contributed by atoms with Crippen LogP contribution in [0.4, 0.5) is 0 Å². The van der Waals surface area contributed by atoms with E-state index in [0.717, 1.165) is 28.5 Å². The minimum Gasteiger partial charge on any atom is -0.490 e. The Morgan fingerprint density at radius 2 is 1.90 bits per heavy atom. The van der Waals surface area contributed by atoms with Gasteiger partial charge in [-0.05, 0) is 68.1 Å². The predicted molar refractivity (Wildman–Crippen MR) is 151 cm³/mol. The lowest BCUT2D eigenvalue weighted by atomic mass is 9.88. The van der Waals surface area contributed by atoms with Crippen LogP contribution in [0.15, 0.2) is 60.8 Å². The Kier molecular flexibility index (Phi) is 7.40. The van der Waals surface area contributed by atoms with Crippen molar-refractivity contribution in [1.29, 1.82) is 0 Å². The van der Waals surface area contributed by atoms with Crippen molar-refractivity contribution in [3.8, 4) is 17.6 Å². The van der Waals surface area contributed by atoms with E-state index in [-0.39, 0.29) is 30.1 Å². The molecule has 0 unspecified atom stereocenters. The number of fused-ring (bicyclic) bond motifs is 2. The van der Waals surface area contributed by atoms with Gasteiger partial charge in [-0.25, -0.2) is 0 Å². The summed E-state index contributed by atoms with van der Waals surface area (Å²) in [7, 11) is 0. The molecule has 5 rings (SSSR count). The number of carbonyl (C=O) groups excluding carboxylic acids is 2. The molecule has 0 spiro atoms. The maximum atomic E-state index is 12.6. The van der Waals surface area contributed by atoms with Gasteiger partial charge >= 0.3 is 0 Å². The molecule has 1 aromatic heterocycles. The smallest absolute Gasteiger partial charge is 0.252 e. The molecule has 7 nitrogen and oxygen atoms in total. The number of aromatic nitrogens is 1. The molecule has 0 aliphatic carbocycles. The van der Waals surface area contributed by atoms with Crippen molar-refractivity contribution in [2.24, 2.45) is 5.73 Å². The van der Waals surface area contributed by atoms with E-state index in [4.69, 9.17) is 10.5 Å². The van der Waals surface area contributed by atoms with Gasteiger partial charge in [0.15, 0.2) is 0 Å². The minimum atomic E-state index is -0.634. The summed E-state index contributed by atoms with van der Waals surface area (Å²) in [6.07, 6.45) is 3.04. The van der Waals surface area contributed by atoms with Gasteiger partial charge in [-0.15, -0.1) is 0 Å². The first-order valence-electron chi connectivity index (χ1n) is 13.1. The van der Waals surface area contributed by atoms with Gasteiger partial charge in [-0.2, -0.15) is 0 Å². The Balaban J connectivity index is 1.58. The molecular weight excluding hydrogens is 490 g/mol. The number of benzene rings is 3. The number of nitrogens with one attached hydrogen (secondary N) is 2. The molecule has 3 aromatic carbocycles. The van der Waals surface area contributed by atoms with Crippen molar-refractivity contribution >= 4 is 22.7 Å². The van der Waals surface area contributed by atoms with E-state index in [1.807, 2.05) is 62.5 Å². The van der Waals surface area contributed by atoms with E-state index in [0.29, 0.717) is 41.0 Å². The Morgan fingerprint density at radius 1 is 1.10 bits per heavy atom. The molecule has 0 radical (unpaired) electrons. The van der Waals surface area contributed by atoms with Crippen LogP contribution in [0.3, 0.4) is 0 Å². The first-order valence-corrected chi connectivity index (χ1v) is 13.1. The van der Waals surface area contributed by atoms with Gasteiger partial charge < -0.3 is 25.9 Å². The van der Waals surface area contributed by atoms with Gasteiger partial charge in [0, 0.05) is 51.8 Å². The number of para-hydroxylation sites is 1. The second-order valence-corrected chi connectivity index (χ2v) is 10.0. The zero-order chi connectivity index (χ0) is 27.5.